The van der Waals surface area contributed by atoms with Crippen LogP contribution in [0.15, 0.2) is 24.3 Å². The predicted octanol–water partition coefficient (Wildman–Crippen LogP) is 0.471. The van der Waals surface area contributed by atoms with Crippen molar-refractivity contribution in [3.8, 4) is 5.75 Å². The standard InChI is InChI=1S/C8H11BO3/c1-11-6-7-3-2-4-8(5-7)12-9-10/h2-5,9-10H,6H2,1H3. The molecule has 0 aliphatic rings. The van der Waals surface area contributed by atoms with Gasteiger partial charge in [-0.05, 0) is 17.7 Å². The molecule has 0 fully saturated rings. The Kier molecular flexibility index (Phi) is 3.64. The summed E-state index contributed by atoms with van der Waals surface area (Å²) in [4.78, 5) is 0. The quantitative estimate of drug-likeness (QED) is 0.660. The van der Waals surface area contributed by atoms with Gasteiger partial charge in [0.25, 0.3) is 0 Å². The minimum atomic E-state index is -0.295. The summed E-state index contributed by atoms with van der Waals surface area (Å²) in [5.74, 6) is 0.659. The molecule has 0 amide bonds. The van der Waals surface area contributed by atoms with Crippen molar-refractivity contribution in [1.29, 1.82) is 0 Å². The van der Waals surface area contributed by atoms with Gasteiger partial charge in [-0.2, -0.15) is 0 Å². The lowest BCUT2D eigenvalue weighted by Crippen LogP contribution is -2.00. The average molecular weight is 166 g/mol. The molecule has 1 rings (SSSR count). The summed E-state index contributed by atoms with van der Waals surface area (Å²) in [6, 6.07) is 7.42. The molecule has 0 aromatic heterocycles. The highest BCUT2D eigenvalue weighted by Gasteiger charge is 1.95. The van der Waals surface area contributed by atoms with E-state index in [2.05, 4.69) is 0 Å². The molecule has 0 heterocycles. The van der Waals surface area contributed by atoms with Crippen LogP contribution in [0.4, 0.5) is 0 Å². The molecule has 0 saturated heterocycles. The molecule has 12 heavy (non-hydrogen) atoms. The summed E-state index contributed by atoms with van der Waals surface area (Å²) >= 11 is 0. The van der Waals surface area contributed by atoms with Gasteiger partial charge in [0, 0.05) is 7.11 Å². The Balaban J connectivity index is 2.67. The van der Waals surface area contributed by atoms with Gasteiger partial charge in [0.1, 0.15) is 5.75 Å². The van der Waals surface area contributed by atoms with Crippen LogP contribution in [0.5, 0.6) is 5.75 Å². The fourth-order valence-corrected chi connectivity index (χ4v) is 0.966. The molecule has 4 heteroatoms. The second-order valence-corrected chi connectivity index (χ2v) is 2.35. The van der Waals surface area contributed by atoms with Gasteiger partial charge in [-0.1, -0.05) is 12.1 Å². The highest BCUT2D eigenvalue weighted by Crippen LogP contribution is 2.12. The summed E-state index contributed by atoms with van der Waals surface area (Å²) in [6.07, 6.45) is 0. The van der Waals surface area contributed by atoms with Crippen LogP contribution in [0, 0.1) is 0 Å². The van der Waals surface area contributed by atoms with E-state index in [0.29, 0.717) is 12.4 Å². The van der Waals surface area contributed by atoms with Crippen molar-refractivity contribution in [2.45, 2.75) is 6.61 Å². The van der Waals surface area contributed by atoms with Crippen LogP contribution in [0.25, 0.3) is 0 Å². The lowest BCUT2D eigenvalue weighted by Gasteiger charge is -2.03. The van der Waals surface area contributed by atoms with Crippen LogP contribution in [-0.4, -0.2) is 19.8 Å². The predicted molar refractivity (Wildman–Crippen MR) is 47.2 cm³/mol. The molecule has 0 bridgehead atoms. The highest BCUT2D eigenvalue weighted by atomic mass is 16.5. The summed E-state index contributed by atoms with van der Waals surface area (Å²) < 4.78 is 9.84. The van der Waals surface area contributed by atoms with Gasteiger partial charge in [-0.3, -0.25) is 0 Å². The van der Waals surface area contributed by atoms with E-state index in [1.54, 1.807) is 13.2 Å². The molecule has 0 spiro atoms. The molecule has 0 atom stereocenters. The first kappa shape index (κ1) is 9.10. The van der Waals surface area contributed by atoms with E-state index in [1.165, 1.54) is 0 Å². The van der Waals surface area contributed by atoms with Gasteiger partial charge in [-0.15, -0.1) is 0 Å². The monoisotopic (exact) mass is 166 g/mol. The third kappa shape index (κ3) is 2.56. The number of rotatable bonds is 4. The van der Waals surface area contributed by atoms with Gasteiger partial charge < -0.3 is 14.4 Å². The Morgan fingerprint density at radius 2 is 2.33 bits per heavy atom. The smallest absolute Gasteiger partial charge is 0.504 e. The summed E-state index contributed by atoms with van der Waals surface area (Å²) in [5, 5.41) is 8.49. The van der Waals surface area contributed by atoms with E-state index in [0.717, 1.165) is 5.56 Å². The minimum Gasteiger partial charge on any atom is -0.539 e. The molecular formula is C8H11BO3. The van der Waals surface area contributed by atoms with Gasteiger partial charge in [-0.25, -0.2) is 0 Å². The van der Waals surface area contributed by atoms with E-state index in [4.69, 9.17) is 14.4 Å². The number of ether oxygens (including phenoxy) is 1. The molecule has 1 aromatic rings. The van der Waals surface area contributed by atoms with Gasteiger partial charge >= 0.3 is 7.69 Å². The zero-order chi connectivity index (χ0) is 8.81. The molecule has 1 aromatic carbocycles. The van der Waals surface area contributed by atoms with Crippen molar-refractivity contribution < 1.29 is 14.4 Å². The molecule has 64 valence electrons. The fourth-order valence-electron chi connectivity index (χ4n) is 0.966. The van der Waals surface area contributed by atoms with Crippen LogP contribution < -0.4 is 4.65 Å². The van der Waals surface area contributed by atoms with Crippen molar-refractivity contribution in [1.82, 2.24) is 0 Å². The Hall–Kier alpha value is -0.995. The summed E-state index contributed by atoms with van der Waals surface area (Å²) in [5.41, 5.74) is 1.03. The molecule has 1 N–H and O–H groups in total. The maximum Gasteiger partial charge on any atom is 0.504 e. The van der Waals surface area contributed by atoms with E-state index in [-0.39, 0.29) is 7.69 Å². The molecule has 0 aliphatic heterocycles. The second kappa shape index (κ2) is 4.80. The van der Waals surface area contributed by atoms with Crippen LogP contribution in [0.1, 0.15) is 5.56 Å². The number of hydrogen-bond donors (Lipinski definition) is 1. The molecule has 0 aliphatic carbocycles. The third-order valence-electron chi connectivity index (χ3n) is 1.44. The topological polar surface area (TPSA) is 38.7 Å². The largest absolute Gasteiger partial charge is 0.539 e. The molecule has 0 saturated carbocycles. The van der Waals surface area contributed by atoms with Gasteiger partial charge in [0.05, 0.1) is 6.61 Å². The lowest BCUT2D eigenvalue weighted by molar-refractivity contribution is 0.184. The number of benzene rings is 1. The van der Waals surface area contributed by atoms with Gasteiger partial charge in [0.15, 0.2) is 0 Å². The van der Waals surface area contributed by atoms with E-state index in [9.17, 15) is 0 Å². The second-order valence-electron chi connectivity index (χ2n) is 2.35. The average Bonchev–Trinajstić information content (AvgIpc) is 2.06. The zero-order valence-corrected chi connectivity index (χ0v) is 6.99. The first-order valence-corrected chi connectivity index (χ1v) is 3.68. The SMILES string of the molecule is COCc1cccc(OBO)c1. The Bertz CT molecular complexity index is 218. The highest BCUT2D eigenvalue weighted by molar-refractivity contribution is 6.17. The maximum atomic E-state index is 8.49. The first-order chi connectivity index (χ1) is 5.86. The van der Waals surface area contributed by atoms with Crippen molar-refractivity contribution in [3.05, 3.63) is 29.8 Å². The normalized spacial score (nSPS) is 9.50. The number of hydrogen-bond acceptors (Lipinski definition) is 3. The molecule has 3 nitrogen and oxygen atoms in total. The van der Waals surface area contributed by atoms with E-state index >= 15 is 0 Å². The Labute approximate surface area is 72.2 Å². The van der Waals surface area contributed by atoms with E-state index < -0.39 is 0 Å². The van der Waals surface area contributed by atoms with Crippen LogP contribution in [0.2, 0.25) is 0 Å². The van der Waals surface area contributed by atoms with Gasteiger partial charge in [0.2, 0.25) is 0 Å². The first-order valence-electron chi connectivity index (χ1n) is 3.68. The van der Waals surface area contributed by atoms with Crippen molar-refractivity contribution in [2.75, 3.05) is 7.11 Å². The van der Waals surface area contributed by atoms with Crippen molar-refractivity contribution in [3.63, 3.8) is 0 Å². The molecule has 0 unspecified atom stereocenters. The van der Waals surface area contributed by atoms with Crippen molar-refractivity contribution in [2.24, 2.45) is 0 Å². The van der Waals surface area contributed by atoms with E-state index in [1.807, 2.05) is 18.2 Å². The van der Waals surface area contributed by atoms with Crippen LogP contribution >= 0.6 is 0 Å². The Morgan fingerprint density at radius 1 is 1.50 bits per heavy atom. The fraction of sp³-hybridized carbons (Fsp3) is 0.250. The lowest BCUT2D eigenvalue weighted by atomic mass is 10.2. The summed E-state index contributed by atoms with van der Waals surface area (Å²) in [6.45, 7) is 0.558. The molecule has 0 radical (unpaired) electrons. The number of methoxy groups -OCH3 is 1. The maximum absolute atomic E-state index is 8.49. The van der Waals surface area contributed by atoms with Crippen LogP contribution in [-0.2, 0) is 11.3 Å². The Morgan fingerprint density at radius 3 is 3.00 bits per heavy atom. The minimum absolute atomic E-state index is 0.295. The summed E-state index contributed by atoms with van der Waals surface area (Å²) in [7, 11) is 1.34. The zero-order valence-electron chi connectivity index (χ0n) is 6.99. The third-order valence-corrected chi connectivity index (χ3v) is 1.44. The van der Waals surface area contributed by atoms with Crippen molar-refractivity contribution >= 4 is 7.69 Å². The van der Waals surface area contributed by atoms with Crippen LogP contribution in [0.3, 0.4) is 0 Å². The molecular weight excluding hydrogens is 155 g/mol.